The molecule has 0 aromatic heterocycles. The fourth-order valence-corrected chi connectivity index (χ4v) is 1.61. The second kappa shape index (κ2) is 9.47. The van der Waals surface area contributed by atoms with Gasteiger partial charge in [0.2, 0.25) is 5.75 Å². The summed E-state index contributed by atoms with van der Waals surface area (Å²) in [7, 11) is 1.63. The summed E-state index contributed by atoms with van der Waals surface area (Å²) in [5.74, 6) is 1.89. The van der Waals surface area contributed by atoms with Crippen molar-refractivity contribution in [1.82, 2.24) is 0 Å². The molecule has 0 unspecified atom stereocenters. The number of ether oxygens (including phenoxy) is 5. The van der Waals surface area contributed by atoms with Crippen LogP contribution in [0.2, 0.25) is 0 Å². The van der Waals surface area contributed by atoms with Crippen LogP contribution in [0.5, 0.6) is 17.2 Å². The second-order valence-corrected chi connectivity index (χ2v) is 5.08. The van der Waals surface area contributed by atoms with E-state index in [1.165, 1.54) is 0 Å². The molecule has 0 N–H and O–H groups in total. The molecular formula is C16H26O5. The summed E-state index contributed by atoms with van der Waals surface area (Å²) < 4.78 is 27.4. The van der Waals surface area contributed by atoms with Crippen LogP contribution in [-0.2, 0) is 9.47 Å². The summed E-state index contributed by atoms with van der Waals surface area (Å²) in [5.41, 5.74) is 0. The van der Waals surface area contributed by atoms with Gasteiger partial charge in [-0.05, 0) is 39.8 Å². The second-order valence-electron chi connectivity index (χ2n) is 5.08. The van der Waals surface area contributed by atoms with E-state index in [4.69, 9.17) is 23.7 Å². The fourth-order valence-electron chi connectivity index (χ4n) is 1.61. The van der Waals surface area contributed by atoms with Crippen LogP contribution in [-0.4, -0.2) is 39.3 Å². The zero-order chi connectivity index (χ0) is 15.7. The molecule has 0 aliphatic heterocycles. The molecule has 0 bridgehead atoms. The largest absolute Gasteiger partial charge is 0.487 e. The lowest BCUT2D eigenvalue weighted by Crippen LogP contribution is -2.13. The highest BCUT2D eigenvalue weighted by molar-refractivity contribution is 5.51. The smallest absolute Gasteiger partial charge is 0.203 e. The van der Waals surface area contributed by atoms with Gasteiger partial charge < -0.3 is 23.7 Å². The Morgan fingerprint density at radius 1 is 0.905 bits per heavy atom. The van der Waals surface area contributed by atoms with E-state index < -0.39 is 0 Å². The molecule has 1 aromatic rings. The Labute approximate surface area is 127 Å². The van der Waals surface area contributed by atoms with Crippen LogP contribution in [0.3, 0.4) is 0 Å². The molecule has 0 amide bonds. The Morgan fingerprint density at radius 3 is 2.19 bits per heavy atom. The summed E-state index contributed by atoms with van der Waals surface area (Å²) in [6, 6.07) is 5.58. The van der Waals surface area contributed by atoms with E-state index in [9.17, 15) is 0 Å². The van der Waals surface area contributed by atoms with Crippen LogP contribution in [0.15, 0.2) is 18.2 Å². The lowest BCUT2D eigenvalue weighted by Gasteiger charge is -2.20. The van der Waals surface area contributed by atoms with E-state index in [0.29, 0.717) is 30.5 Å². The molecule has 0 saturated carbocycles. The van der Waals surface area contributed by atoms with Crippen molar-refractivity contribution in [2.75, 3.05) is 27.1 Å². The quantitative estimate of drug-likeness (QED) is 0.490. The number of methoxy groups -OCH3 is 1. The van der Waals surface area contributed by atoms with Crippen molar-refractivity contribution in [2.45, 2.75) is 39.9 Å². The van der Waals surface area contributed by atoms with Gasteiger partial charge in [0.15, 0.2) is 18.3 Å². The van der Waals surface area contributed by atoms with Crippen molar-refractivity contribution >= 4 is 0 Å². The van der Waals surface area contributed by atoms with Crippen LogP contribution in [0.25, 0.3) is 0 Å². The molecule has 5 heteroatoms. The van der Waals surface area contributed by atoms with E-state index >= 15 is 0 Å². The summed E-state index contributed by atoms with van der Waals surface area (Å²) in [6.45, 7) is 9.04. The maximum Gasteiger partial charge on any atom is 0.203 e. The van der Waals surface area contributed by atoms with Crippen LogP contribution < -0.4 is 14.2 Å². The van der Waals surface area contributed by atoms with Crippen LogP contribution in [0.1, 0.15) is 27.7 Å². The predicted molar refractivity (Wildman–Crippen MR) is 81.3 cm³/mol. The first-order valence-corrected chi connectivity index (χ1v) is 7.20. The molecule has 1 aromatic carbocycles. The Morgan fingerprint density at radius 2 is 1.57 bits per heavy atom. The SMILES string of the molecule is COCCOCOc1cccc(OC(C)C)c1OC(C)C. The first kappa shape index (κ1) is 17.6. The standard InChI is InChI=1S/C16H26O5/c1-12(2)20-15-8-6-7-14(16(15)21-13(3)4)19-11-18-10-9-17-5/h6-8,12-13H,9-11H2,1-5H3. The number of para-hydroxylation sites is 1. The molecule has 120 valence electrons. The zero-order valence-electron chi connectivity index (χ0n) is 13.5. The highest BCUT2D eigenvalue weighted by Gasteiger charge is 2.15. The molecule has 0 radical (unpaired) electrons. The number of hydrogen-bond donors (Lipinski definition) is 0. The maximum absolute atomic E-state index is 5.83. The molecule has 0 heterocycles. The van der Waals surface area contributed by atoms with Gasteiger partial charge in [0.25, 0.3) is 0 Å². The van der Waals surface area contributed by atoms with Crippen LogP contribution in [0.4, 0.5) is 0 Å². The van der Waals surface area contributed by atoms with Gasteiger partial charge in [-0.25, -0.2) is 0 Å². The molecule has 0 aliphatic carbocycles. The van der Waals surface area contributed by atoms with Gasteiger partial charge in [-0.1, -0.05) is 6.07 Å². The molecule has 0 saturated heterocycles. The maximum atomic E-state index is 5.83. The molecule has 0 atom stereocenters. The molecule has 0 aliphatic rings. The lowest BCUT2D eigenvalue weighted by molar-refractivity contribution is -0.0102. The van der Waals surface area contributed by atoms with E-state index in [0.717, 1.165) is 0 Å². The van der Waals surface area contributed by atoms with E-state index in [1.54, 1.807) is 7.11 Å². The third kappa shape index (κ3) is 6.69. The van der Waals surface area contributed by atoms with E-state index in [2.05, 4.69) is 0 Å². The van der Waals surface area contributed by atoms with Crippen LogP contribution >= 0.6 is 0 Å². The van der Waals surface area contributed by atoms with Crippen molar-refractivity contribution in [3.63, 3.8) is 0 Å². The van der Waals surface area contributed by atoms with Crippen molar-refractivity contribution in [3.05, 3.63) is 18.2 Å². The summed E-state index contributed by atoms with van der Waals surface area (Å²) in [5, 5.41) is 0. The monoisotopic (exact) mass is 298 g/mol. The third-order valence-corrected chi connectivity index (χ3v) is 2.39. The van der Waals surface area contributed by atoms with Crippen molar-refractivity contribution in [2.24, 2.45) is 0 Å². The topological polar surface area (TPSA) is 46.2 Å². The normalized spacial score (nSPS) is 11.0. The van der Waals surface area contributed by atoms with Gasteiger partial charge in [-0.15, -0.1) is 0 Å². The Hall–Kier alpha value is -1.46. The average Bonchev–Trinajstić information content (AvgIpc) is 2.40. The average molecular weight is 298 g/mol. The minimum Gasteiger partial charge on any atom is -0.487 e. The van der Waals surface area contributed by atoms with Gasteiger partial charge in [-0.2, -0.15) is 0 Å². The van der Waals surface area contributed by atoms with Crippen molar-refractivity contribution in [3.8, 4) is 17.2 Å². The van der Waals surface area contributed by atoms with Gasteiger partial charge in [0.1, 0.15) is 0 Å². The minimum absolute atomic E-state index is 0.0265. The number of hydrogen-bond acceptors (Lipinski definition) is 5. The molecule has 0 spiro atoms. The minimum atomic E-state index is 0.0265. The third-order valence-electron chi connectivity index (χ3n) is 2.39. The Bertz CT molecular complexity index is 404. The predicted octanol–water partition coefficient (Wildman–Crippen LogP) is 3.26. The molecule has 0 fully saturated rings. The highest BCUT2D eigenvalue weighted by Crippen LogP contribution is 2.38. The number of benzene rings is 1. The summed E-state index contributed by atoms with van der Waals surface area (Å²) >= 11 is 0. The Kier molecular flexibility index (Phi) is 7.93. The van der Waals surface area contributed by atoms with Gasteiger partial charge in [-0.3, -0.25) is 0 Å². The van der Waals surface area contributed by atoms with Gasteiger partial charge in [0, 0.05) is 7.11 Å². The molecule has 5 nitrogen and oxygen atoms in total. The molecule has 21 heavy (non-hydrogen) atoms. The van der Waals surface area contributed by atoms with Gasteiger partial charge in [0.05, 0.1) is 25.4 Å². The van der Waals surface area contributed by atoms with Crippen LogP contribution in [0, 0.1) is 0 Å². The van der Waals surface area contributed by atoms with Crippen molar-refractivity contribution < 1.29 is 23.7 Å². The lowest BCUT2D eigenvalue weighted by atomic mass is 10.3. The van der Waals surface area contributed by atoms with Gasteiger partial charge >= 0.3 is 0 Å². The van der Waals surface area contributed by atoms with E-state index in [1.807, 2.05) is 45.9 Å². The number of rotatable bonds is 10. The van der Waals surface area contributed by atoms with E-state index in [-0.39, 0.29) is 19.0 Å². The first-order valence-electron chi connectivity index (χ1n) is 7.20. The molecule has 1 rings (SSSR count). The highest BCUT2D eigenvalue weighted by atomic mass is 16.7. The zero-order valence-corrected chi connectivity index (χ0v) is 13.5. The van der Waals surface area contributed by atoms with Crippen molar-refractivity contribution in [1.29, 1.82) is 0 Å². The summed E-state index contributed by atoms with van der Waals surface area (Å²) in [6.07, 6.45) is 0.0892. The fraction of sp³-hybridized carbons (Fsp3) is 0.625. The first-order chi connectivity index (χ1) is 10.0. The summed E-state index contributed by atoms with van der Waals surface area (Å²) in [4.78, 5) is 0. The molecular weight excluding hydrogens is 272 g/mol. The Balaban J connectivity index is 2.75.